The van der Waals surface area contributed by atoms with Crippen LogP contribution in [0.3, 0.4) is 0 Å². The number of morpholine rings is 2. The number of aromatic amines is 2. The summed E-state index contributed by atoms with van der Waals surface area (Å²) in [6.07, 6.45) is 1.69. The fraction of sp³-hybridized carbons (Fsp3) is 0.435. The van der Waals surface area contributed by atoms with Crippen molar-refractivity contribution in [3.8, 4) is 11.4 Å². The van der Waals surface area contributed by atoms with Crippen molar-refractivity contribution in [2.24, 2.45) is 0 Å². The number of rotatable bonds is 4. The zero-order valence-electron chi connectivity index (χ0n) is 18.5. The molecule has 1 aromatic carbocycles. The lowest BCUT2D eigenvalue weighted by atomic mass is 10.1. The van der Waals surface area contributed by atoms with Gasteiger partial charge in [-0.15, -0.1) is 0 Å². The number of ether oxygens (including phenoxy) is 2. The van der Waals surface area contributed by atoms with E-state index in [1.165, 1.54) is 0 Å². The molecular formula is C23H27N7O3. The zero-order valence-corrected chi connectivity index (χ0v) is 18.5. The first-order valence-corrected chi connectivity index (χ1v) is 11.4. The molecule has 2 atom stereocenters. The van der Waals surface area contributed by atoms with Gasteiger partial charge < -0.3 is 34.3 Å². The Balaban J connectivity index is 1.50. The second-order valence-corrected chi connectivity index (χ2v) is 8.61. The maximum atomic E-state index is 9.58. The van der Waals surface area contributed by atoms with E-state index < -0.39 is 0 Å². The second-order valence-electron chi connectivity index (χ2n) is 8.61. The number of benzene rings is 1. The van der Waals surface area contributed by atoms with Crippen molar-refractivity contribution in [2.75, 3.05) is 55.9 Å². The second kappa shape index (κ2) is 8.29. The number of aliphatic hydroxyl groups excluding tert-OH is 1. The summed E-state index contributed by atoms with van der Waals surface area (Å²) in [6.45, 7) is 5.89. The van der Waals surface area contributed by atoms with Gasteiger partial charge in [0.2, 0.25) is 5.95 Å². The lowest BCUT2D eigenvalue weighted by Crippen LogP contribution is -2.46. The molecule has 0 spiro atoms. The lowest BCUT2D eigenvalue weighted by Gasteiger charge is -2.36. The standard InChI is InChI=1S/C23H27N7O3/c1-14-13-32-9-8-30(14)22-19-21(27-23(28-22)29-7-10-33-15(11-29)12-31)26-20(25-19)17-3-2-4-18-16(17)5-6-24-18/h2-6,14-15,24,31H,7-13H2,1H3,(H,25,26,27,28)/t14?,15-/m1/s1. The molecule has 1 unspecified atom stereocenters. The Labute approximate surface area is 190 Å². The molecule has 172 valence electrons. The molecule has 0 amide bonds. The van der Waals surface area contributed by atoms with Crippen LogP contribution in [0.25, 0.3) is 33.5 Å². The first kappa shape index (κ1) is 20.4. The molecule has 2 fully saturated rings. The van der Waals surface area contributed by atoms with Gasteiger partial charge in [-0.2, -0.15) is 9.97 Å². The SMILES string of the molecule is CC1COCCN1c1nc(N2CCO[C@@H](CO)C2)nc2nc(-c3cccc4[nH]ccc34)[nH]c12. The molecule has 0 aliphatic carbocycles. The molecule has 2 aliphatic heterocycles. The van der Waals surface area contributed by atoms with Gasteiger partial charge in [0.05, 0.1) is 38.6 Å². The molecule has 5 heterocycles. The molecule has 33 heavy (non-hydrogen) atoms. The predicted molar refractivity (Wildman–Crippen MR) is 126 cm³/mol. The predicted octanol–water partition coefficient (Wildman–Crippen LogP) is 1.92. The smallest absolute Gasteiger partial charge is 0.229 e. The van der Waals surface area contributed by atoms with E-state index in [-0.39, 0.29) is 18.8 Å². The first-order chi connectivity index (χ1) is 16.2. The number of nitrogens with one attached hydrogen (secondary N) is 2. The monoisotopic (exact) mass is 449 g/mol. The number of hydrogen-bond donors (Lipinski definition) is 3. The Kier molecular flexibility index (Phi) is 5.12. The number of aromatic nitrogens is 5. The minimum Gasteiger partial charge on any atom is -0.394 e. The molecule has 3 N–H and O–H groups in total. The quantitative estimate of drug-likeness (QED) is 0.433. The summed E-state index contributed by atoms with van der Waals surface area (Å²) in [5.74, 6) is 2.20. The van der Waals surface area contributed by atoms with E-state index in [2.05, 4.69) is 44.9 Å². The summed E-state index contributed by atoms with van der Waals surface area (Å²) in [4.78, 5) is 25.8. The molecule has 6 rings (SSSR count). The average molecular weight is 450 g/mol. The third kappa shape index (κ3) is 3.60. The number of imidazole rings is 1. The number of fused-ring (bicyclic) bond motifs is 2. The topological polar surface area (TPSA) is 115 Å². The highest BCUT2D eigenvalue weighted by Gasteiger charge is 2.28. The molecule has 2 aliphatic rings. The summed E-state index contributed by atoms with van der Waals surface area (Å²) in [5.41, 5.74) is 3.52. The number of hydrogen-bond acceptors (Lipinski definition) is 8. The molecule has 2 saturated heterocycles. The van der Waals surface area contributed by atoms with E-state index in [9.17, 15) is 5.11 Å². The van der Waals surface area contributed by atoms with Crippen LogP contribution in [0, 0.1) is 0 Å². The fourth-order valence-electron chi connectivity index (χ4n) is 4.69. The van der Waals surface area contributed by atoms with Gasteiger partial charge in [0, 0.05) is 42.3 Å². The Morgan fingerprint density at radius 2 is 2.09 bits per heavy atom. The first-order valence-electron chi connectivity index (χ1n) is 11.4. The van der Waals surface area contributed by atoms with Gasteiger partial charge in [-0.1, -0.05) is 12.1 Å². The Morgan fingerprint density at radius 1 is 1.15 bits per heavy atom. The van der Waals surface area contributed by atoms with Crippen molar-refractivity contribution in [1.82, 2.24) is 24.9 Å². The molecule has 0 radical (unpaired) electrons. The van der Waals surface area contributed by atoms with Crippen molar-refractivity contribution >= 4 is 33.8 Å². The van der Waals surface area contributed by atoms with Crippen molar-refractivity contribution in [2.45, 2.75) is 19.1 Å². The van der Waals surface area contributed by atoms with Crippen LogP contribution in [0.4, 0.5) is 11.8 Å². The maximum absolute atomic E-state index is 9.58. The van der Waals surface area contributed by atoms with Gasteiger partial charge in [0.25, 0.3) is 0 Å². The molecular weight excluding hydrogens is 422 g/mol. The van der Waals surface area contributed by atoms with Crippen LogP contribution in [0.1, 0.15) is 6.92 Å². The summed E-state index contributed by atoms with van der Waals surface area (Å²) in [5, 5.41) is 10.7. The van der Waals surface area contributed by atoms with E-state index in [0.717, 1.165) is 40.2 Å². The number of anilines is 2. The summed E-state index contributed by atoms with van der Waals surface area (Å²) < 4.78 is 11.3. The summed E-state index contributed by atoms with van der Waals surface area (Å²) in [7, 11) is 0. The lowest BCUT2D eigenvalue weighted by molar-refractivity contribution is 0.00315. The minimum absolute atomic E-state index is 0.0284. The highest BCUT2D eigenvalue weighted by Crippen LogP contribution is 2.32. The Bertz CT molecular complexity index is 1290. The summed E-state index contributed by atoms with van der Waals surface area (Å²) >= 11 is 0. The number of H-pyrrole nitrogens is 2. The third-order valence-electron chi connectivity index (χ3n) is 6.44. The average Bonchev–Trinajstić information content (AvgIpc) is 3.51. The summed E-state index contributed by atoms with van der Waals surface area (Å²) in [6, 6.07) is 8.37. The van der Waals surface area contributed by atoms with Crippen LogP contribution >= 0.6 is 0 Å². The van der Waals surface area contributed by atoms with Crippen LogP contribution < -0.4 is 9.80 Å². The molecule has 0 bridgehead atoms. The van der Waals surface area contributed by atoms with Crippen LogP contribution in [0.5, 0.6) is 0 Å². The highest BCUT2D eigenvalue weighted by atomic mass is 16.5. The van der Waals surface area contributed by atoms with Gasteiger partial charge in [0.15, 0.2) is 11.5 Å². The normalized spacial score (nSPS) is 21.9. The van der Waals surface area contributed by atoms with Gasteiger partial charge in [-0.05, 0) is 19.1 Å². The zero-order chi connectivity index (χ0) is 22.4. The van der Waals surface area contributed by atoms with E-state index in [0.29, 0.717) is 44.5 Å². The Hall–Kier alpha value is -3.21. The van der Waals surface area contributed by atoms with Crippen LogP contribution in [-0.4, -0.2) is 88.2 Å². The largest absolute Gasteiger partial charge is 0.394 e. The van der Waals surface area contributed by atoms with E-state index in [4.69, 9.17) is 24.4 Å². The molecule has 4 aromatic rings. The van der Waals surface area contributed by atoms with E-state index >= 15 is 0 Å². The third-order valence-corrected chi connectivity index (χ3v) is 6.44. The van der Waals surface area contributed by atoms with Crippen molar-refractivity contribution in [3.05, 3.63) is 30.5 Å². The molecule has 0 saturated carbocycles. The Morgan fingerprint density at radius 3 is 2.97 bits per heavy atom. The van der Waals surface area contributed by atoms with Crippen LogP contribution in [-0.2, 0) is 9.47 Å². The minimum atomic E-state index is -0.246. The van der Waals surface area contributed by atoms with Gasteiger partial charge in [0.1, 0.15) is 11.3 Å². The molecule has 3 aromatic heterocycles. The van der Waals surface area contributed by atoms with Crippen molar-refractivity contribution in [3.63, 3.8) is 0 Å². The number of aliphatic hydroxyl groups is 1. The molecule has 10 heteroatoms. The molecule has 10 nitrogen and oxygen atoms in total. The maximum Gasteiger partial charge on any atom is 0.229 e. The van der Waals surface area contributed by atoms with Crippen LogP contribution in [0.15, 0.2) is 30.5 Å². The van der Waals surface area contributed by atoms with Crippen molar-refractivity contribution < 1.29 is 14.6 Å². The van der Waals surface area contributed by atoms with Crippen LogP contribution in [0.2, 0.25) is 0 Å². The fourth-order valence-corrected chi connectivity index (χ4v) is 4.69. The van der Waals surface area contributed by atoms with Crippen molar-refractivity contribution in [1.29, 1.82) is 0 Å². The van der Waals surface area contributed by atoms with Gasteiger partial charge in [-0.3, -0.25) is 0 Å². The van der Waals surface area contributed by atoms with Gasteiger partial charge in [-0.25, -0.2) is 4.98 Å². The number of nitrogens with zero attached hydrogens (tertiary/aromatic N) is 5. The van der Waals surface area contributed by atoms with Gasteiger partial charge >= 0.3 is 0 Å². The van der Waals surface area contributed by atoms with E-state index in [1.54, 1.807) is 0 Å². The highest BCUT2D eigenvalue weighted by molar-refractivity contribution is 5.96. The van der Waals surface area contributed by atoms with E-state index in [1.807, 2.05) is 12.3 Å².